The van der Waals surface area contributed by atoms with Crippen molar-refractivity contribution in [3.05, 3.63) is 128 Å². The topological polar surface area (TPSA) is 49.8 Å². The molecule has 0 bridgehead atoms. The third-order valence-corrected chi connectivity index (χ3v) is 10.2. The molecule has 4 aromatic rings. The van der Waals surface area contributed by atoms with Crippen LogP contribution in [0.25, 0.3) is 0 Å². The molecule has 0 amide bonds. The van der Waals surface area contributed by atoms with Crippen LogP contribution in [-0.4, -0.2) is 21.0 Å². The van der Waals surface area contributed by atoms with Crippen molar-refractivity contribution >= 4 is 83.6 Å². The number of pyridine rings is 2. The fourth-order valence-corrected chi connectivity index (χ4v) is 7.08. The molecule has 2 aromatic carbocycles. The Labute approximate surface area is 305 Å². The van der Waals surface area contributed by atoms with Crippen LogP contribution in [0.5, 0.6) is 0 Å². The van der Waals surface area contributed by atoms with Gasteiger partial charge in [-0.2, -0.15) is 0 Å². The summed E-state index contributed by atoms with van der Waals surface area (Å²) in [7, 11) is 0. The molecule has 244 valence electrons. The SMILES string of the molecule is CC1(C)N[C@@H](c2ccc(Cl)c(Cl)c2)C[C@H]1c1ccncc1.CC1(C)N[C@@H](c2ccc(Cl)c(Cl)c2)C[C@H]1c1ccncc1.Cl.Cl.Cl. The second-order valence-corrected chi connectivity index (χ2v) is 14.0. The first-order valence-electron chi connectivity index (χ1n) is 14.2. The predicted octanol–water partition coefficient (Wildman–Crippen LogP) is 11.2. The lowest BCUT2D eigenvalue weighted by molar-refractivity contribution is 0.397. The van der Waals surface area contributed by atoms with Crippen molar-refractivity contribution in [3.63, 3.8) is 0 Å². The van der Waals surface area contributed by atoms with Crippen molar-refractivity contribution in [1.29, 1.82) is 0 Å². The smallest absolute Gasteiger partial charge is 0.0595 e. The van der Waals surface area contributed by atoms with Gasteiger partial charge in [0.25, 0.3) is 0 Å². The van der Waals surface area contributed by atoms with Crippen LogP contribution >= 0.6 is 83.6 Å². The Hall–Kier alpha value is -1.31. The second kappa shape index (κ2) is 16.7. The molecule has 2 N–H and O–H groups in total. The normalized spacial score (nSPS) is 22.6. The molecule has 4 atom stereocenters. The lowest BCUT2D eigenvalue weighted by Gasteiger charge is -2.27. The first-order chi connectivity index (χ1) is 19.9. The third kappa shape index (κ3) is 9.41. The minimum absolute atomic E-state index is 0. The van der Waals surface area contributed by atoms with Gasteiger partial charge in [-0.25, -0.2) is 0 Å². The molecule has 11 heteroatoms. The van der Waals surface area contributed by atoms with Crippen LogP contribution in [0.15, 0.2) is 85.5 Å². The number of nitrogens with one attached hydrogen (secondary N) is 2. The van der Waals surface area contributed by atoms with Crippen molar-refractivity contribution in [3.8, 4) is 0 Å². The fourth-order valence-electron chi connectivity index (χ4n) is 6.47. The molecule has 2 aliphatic rings. The minimum atomic E-state index is 0. The lowest BCUT2D eigenvalue weighted by Crippen LogP contribution is -2.37. The first-order valence-corrected chi connectivity index (χ1v) is 15.7. The van der Waals surface area contributed by atoms with E-state index in [4.69, 9.17) is 46.4 Å². The first kappa shape index (κ1) is 39.9. The number of halogens is 7. The quantitative estimate of drug-likeness (QED) is 0.218. The van der Waals surface area contributed by atoms with Gasteiger partial charge in [0.2, 0.25) is 0 Å². The molecular formula is C34H39Cl7N4. The van der Waals surface area contributed by atoms with Gasteiger partial charge < -0.3 is 10.6 Å². The molecule has 0 radical (unpaired) electrons. The third-order valence-electron chi connectivity index (χ3n) is 8.69. The maximum absolute atomic E-state index is 6.15. The summed E-state index contributed by atoms with van der Waals surface area (Å²) in [5, 5.41) is 9.86. The monoisotopic (exact) mass is 748 g/mol. The van der Waals surface area contributed by atoms with Crippen molar-refractivity contribution in [2.75, 3.05) is 0 Å². The molecule has 0 saturated carbocycles. The van der Waals surface area contributed by atoms with E-state index in [0.717, 1.165) is 12.8 Å². The fraction of sp³-hybridized carbons (Fsp3) is 0.353. The zero-order chi connectivity index (χ0) is 30.1. The van der Waals surface area contributed by atoms with E-state index >= 15 is 0 Å². The van der Waals surface area contributed by atoms with Crippen molar-refractivity contribution in [1.82, 2.24) is 20.6 Å². The zero-order valence-electron chi connectivity index (χ0n) is 25.4. The van der Waals surface area contributed by atoms with Crippen molar-refractivity contribution in [2.24, 2.45) is 0 Å². The van der Waals surface area contributed by atoms with E-state index in [0.29, 0.717) is 31.9 Å². The summed E-state index contributed by atoms with van der Waals surface area (Å²) in [5.74, 6) is 0.889. The molecule has 2 aromatic heterocycles. The summed E-state index contributed by atoms with van der Waals surface area (Å²) in [6, 6.07) is 20.8. The van der Waals surface area contributed by atoms with E-state index in [1.807, 2.05) is 49.1 Å². The van der Waals surface area contributed by atoms with E-state index in [9.17, 15) is 0 Å². The van der Waals surface area contributed by atoms with Crippen LogP contribution in [0.1, 0.15) is 86.7 Å². The molecule has 4 nitrogen and oxygen atoms in total. The van der Waals surface area contributed by atoms with Gasteiger partial charge in [-0.3, -0.25) is 9.97 Å². The molecule has 2 fully saturated rings. The van der Waals surface area contributed by atoms with Crippen LogP contribution in [0.3, 0.4) is 0 Å². The molecule has 45 heavy (non-hydrogen) atoms. The Morgan fingerprint density at radius 1 is 0.511 bits per heavy atom. The molecule has 2 saturated heterocycles. The van der Waals surface area contributed by atoms with Gasteiger partial charge in [0.05, 0.1) is 20.1 Å². The van der Waals surface area contributed by atoms with Gasteiger partial charge in [0.1, 0.15) is 0 Å². The molecule has 2 aliphatic heterocycles. The number of benzene rings is 2. The average molecular weight is 752 g/mol. The van der Waals surface area contributed by atoms with E-state index in [1.54, 1.807) is 0 Å². The van der Waals surface area contributed by atoms with E-state index < -0.39 is 0 Å². The van der Waals surface area contributed by atoms with Gasteiger partial charge in [-0.1, -0.05) is 58.5 Å². The number of hydrogen-bond acceptors (Lipinski definition) is 4. The molecule has 6 rings (SSSR count). The molecule has 0 spiro atoms. The summed E-state index contributed by atoms with van der Waals surface area (Å²) in [4.78, 5) is 8.22. The van der Waals surface area contributed by atoms with Crippen LogP contribution in [0.4, 0.5) is 0 Å². The van der Waals surface area contributed by atoms with E-state index in [2.05, 4.69) is 84.7 Å². The Balaban J connectivity index is 0.000000294. The highest BCUT2D eigenvalue weighted by atomic mass is 35.5. The van der Waals surface area contributed by atoms with Gasteiger partial charge in [-0.05, 0) is 111 Å². The summed E-state index contributed by atoms with van der Waals surface area (Å²) in [6.07, 6.45) is 9.51. The van der Waals surface area contributed by atoms with Gasteiger partial charge in [-0.15, -0.1) is 37.2 Å². The summed E-state index contributed by atoms with van der Waals surface area (Å²) in [5.41, 5.74) is 5.08. The Morgan fingerprint density at radius 2 is 0.844 bits per heavy atom. The Bertz CT molecular complexity index is 1400. The number of hydrogen-bond donors (Lipinski definition) is 2. The largest absolute Gasteiger partial charge is 0.304 e. The van der Waals surface area contributed by atoms with Crippen LogP contribution < -0.4 is 10.6 Å². The maximum Gasteiger partial charge on any atom is 0.0595 e. The zero-order valence-corrected chi connectivity index (χ0v) is 30.9. The van der Waals surface area contributed by atoms with E-state index in [1.165, 1.54) is 22.3 Å². The molecular weight excluding hydrogens is 713 g/mol. The lowest BCUT2D eigenvalue weighted by atomic mass is 9.83. The van der Waals surface area contributed by atoms with Crippen LogP contribution in [0, 0.1) is 0 Å². The van der Waals surface area contributed by atoms with Crippen molar-refractivity contribution < 1.29 is 0 Å². The highest BCUT2D eigenvalue weighted by Crippen LogP contribution is 2.45. The van der Waals surface area contributed by atoms with Crippen LogP contribution in [-0.2, 0) is 0 Å². The predicted molar refractivity (Wildman–Crippen MR) is 198 cm³/mol. The second-order valence-electron chi connectivity index (χ2n) is 12.3. The standard InChI is InChI=1S/2C17H18Cl2N2.3ClH/c2*1-17(2)13(11-5-7-20-8-6-11)10-16(21-17)12-3-4-14(18)15(19)9-12;;;/h2*3-9,13,16,21H,10H2,1-2H3;3*1H/t2*13-,16+;;;/m00.../s1. The number of rotatable bonds is 4. The highest BCUT2D eigenvalue weighted by molar-refractivity contribution is 6.42. The number of nitrogens with zero attached hydrogens (tertiary/aromatic N) is 2. The van der Waals surface area contributed by atoms with Gasteiger partial charge >= 0.3 is 0 Å². The molecule has 0 unspecified atom stereocenters. The maximum atomic E-state index is 6.15. The Morgan fingerprint density at radius 3 is 1.16 bits per heavy atom. The molecule has 4 heterocycles. The van der Waals surface area contributed by atoms with Gasteiger partial charge in [0, 0.05) is 59.8 Å². The summed E-state index contributed by atoms with van der Waals surface area (Å²) < 4.78 is 0. The summed E-state index contributed by atoms with van der Waals surface area (Å²) >= 11 is 24.3. The highest BCUT2D eigenvalue weighted by Gasteiger charge is 2.42. The number of aromatic nitrogens is 2. The minimum Gasteiger partial charge on any atom is -0.304 e. The summed E-state index contributed by atoms with van der Waals surface area (Å²) in [6.45, 7) is 8.98. The Kier molecular flexibility index (Phi) is 14.8. The average Bonchev–Trinajstić information content (AvgIpc) is 3.47. The van der Waals surface area contributed by atoms with E-state index in [-0.39, 0.29) is 60.4 Å². The van der Waals surface area contributed by atoms with Gasteiger partial charge in [0.15, 0.2) is 0 Å². The molecule has 0 aliphatic carbocycles. The van der Waals surface area contributed by atoms with Crippen molar-refractivity contribution in [2.45, 2.75) is 75.5 Å². The van der Waals surface area contributed by atoms with Crippen LogP contribution in [0.2, 0.25) is 20.1 Å².